The lowest BCUT2D eigenvalue weighted by molar-refractivity contribution is -0.138. The Balaban J connectivity index is 1.93. The van der Waals surface area contributed by atoms with E-state index in [-0.39, 0.29) is 12.3 Å². The molecule has 0 spiro atoms. The van der Waals surface area contributed by atoms with Crippen molar-refractivity contribution in [1.82, 2.24) is 5.32 Å². The molecule has 0 aliphatic carbocycles. The van der Waals surface area contributed by atoms with E-state index in [0.717, 1.165) is 0 Å². The maximum Gasteiger partial charge on any atom is 0.405 e. The molecule has 0 fully saturated rings. The van der Waals surface area contributed by atoms with Gasteiger partial charge in [0.15, 0.2) is 0 Å². The summed E-state index contributed by atoms with van der Waals surface area (Å²) in [4.78, 5) is 23.6. The van der Waals surface area contributed by atoms with Crippen molar-refractivity contribution in [1.29, 1.82) is 0 Å². The monoisotopic (exact) mass is 370 g/mol. The van der Waals surface area contributed by atoms with Gasteiger partial charge in [-0.05, 0) is 29.8 Å². The number of carbonyl (C=O) groups excluding carboxylic acids is 2. The van der Waals surface area contributed by atoms with Crippen LogP contribution >= 0.6 is 11.6 Å². The fourth-order valence-electron chi connectivity index (χ4n) is 2.00. The molecule has 0 aliphatic rings. The number of benzene rings is 2. The molecular formula is C17H14ClF3N2O2. The molecule has 0 aliphatic heterocycles. The Morgan fingerprint density at radius 3 is 2.24 bits per heavy atom. The average Bonchev–Trinajstić information content (AvgIpc) is 2.54. The van der Waals surface area contributed by atoms with E-state index in [1.54, 1.807) is 53.8 Å². The second-order valence-corrected chi connectivity index (χ2v) is 5.61. The minimum absolute atomic E-state index is 0.186. The van der Waals surface area contributed by atoms with Crippen molar-refractivity contribution in [2.24, 2.45) is 0 Å². The normalized spacial score (nSPS) is 11.0. The minimum atomic E-state index is -4.44. The van der Waals surface area contributed by atoms with E-state index in [0.29, 0.717) is 21.8 Å². The van der Waals surface area contributed by atoms with E-state index in [9.17, 15) is 22.8 Å². The highest BCUT2D eigenvalue weighted by Gasteiger charge is 2.27. The summed E-state index contributed by atoms with van der Waals surface area (Å²) in [6.45, 7) is -1.36. The molecule has 2 aromatic rings. The zero-order valence-electron chi connectivity index (χ0n) is 12.9. The molecule has 2 rings (SSSR count). The van der Waals surface area contributed by atoms with Crippen LogP contribution in [0.3, 0.4) is 0 Å². The zero-order chi connectivity index (χ0) is 18.4. The molecular weight excluding hydrogens is 357 g/mol. The lowest BCUT2D eigenvalue weighted by atomic mass is 10.1. The Bertz CT molecular complexity index is 761. The molecule has 0 saturated carbocycles. The number of hydrogen-bond acceptors (Lipinski definition) is 2. The fraction of sp³-hybridized carbons (Fsp3) is 0.176. The number of carbonyl (C=O) groups is 2. The molecule has 2 amide bonds. The summed E-state index contributed by atoms with van der Waals surface area (Å²) in [6.07, 6.45) is -4.63. The Kier molecular flexibility index (Phi) is 6.03. The molecule has 0 bridgehead atoms. The number of halogens is 4. The van der Waals surface area contributed by atoms with Gasteiger partial charge in [-0.2, -0.15) is 13.2 Å². The van der Waals surface area contributed by atoms with Crippen LogP contribution in [0.25, 0.3) is 0 Å². The lowest BCUT2D eigenvalue weighted by Gasteiger charge is -2.09. The number of anilines is 1. The van der Waals surface area contributed by atoms with Crippen molar-refractivity contribution in [3.8, 4) is 0 Å². The molecule has 0 heterocycles. The van der Waals surface area contributed by atoms with Crippen LogP contribution in [0.1, 0.15) is 15.9 Å². The van der Waals surface area contributed by atoms with Crippen molar-refractivity contribution >= 4 is 29.1 Å². The Morgan fingerprint density at radius 1 is 1.00 bits per heavy atom. The van der Waals surface area contributed by atoms with E-state index in [1.165, 1.54) is 0 Å². The first-order chi connectivity index (χ1) is 11.7. The summed E-state index contributed by atoms with van der Waals surface area (Å²) in [7, 11) is 0. The average molecular weight is 371 g/mol. The summed E-state index contributed by atoms with van der Waals surface area (Å²) < 4.78 is 36.1. The second kappa shape index (κ2) is 8.02. The first-order valence-corrected chi connectivity index (χ1v) is 7.61. The van der Waals surface area contributed by atoms with Gasteiger partial charge >= 0.3 is 6.18 Å². The van der Waals surface area contributed by atoms with Crippen LogP contribution in [0, 0.1) is 0 Å². The molecule has 4 nitrogen and oxygen atoms in total. The van der Waals surface area contributed by atoms with Crippen LogP contribution < -0.4 is 10.6 Å². The van der Waals surface area contributed by atoms with Gasteiger partial charge in [-0.15, -0.1) is 0 Å². The third kappa shape index (κ3) is 6.11. The molecule has 0 radical (unpaired) electrons. The highest BCUT2D eigenvalue weighted by Crippen LogP contribution is 2.18. The first kappa shape index (κ1) is 18.8. The Morgan fingerprint density at radius 2 is 1.64 bits per heavy atom. The quantitative estimate of drug-likeness (QED) is 0.840. The summed E-state index contributed by atoms with van der Waals surface area (Å²) >= 11 is 5.94. The van der Waals surface area contributed by atoms with Crippen molar-refractivity contribution < 1.29 is 22.8 Å². The van der Waals surface area contributed by atoms with Crippen molar-refractivity contribution in [3.05, 3.63) is 64.7 Å². The molecule has 2 aromatic carbocycles. The third-order valence-electron chi connectivity index (χ3n) is 3.18. The standard InChI is InChI=1S/C17H14ClF3N2O2/c18-14-4-2-1-3-13(14)16(25)23-12-7-5-11(6-8-12)9-15(24)22-10-17(19,20)21/h1-8H,9-10H2,(H,22,24)(H,23,25). The Hall–Kier alpha value is -2.54. The van der Waals surface area contributed by atoms with Crippen molar-refractivity contribution in [2.45, 2.75) is 12.6 Å². The predicted octanol–water partition coefficient (Wildman–Crippen LogP) is 3.81. The van der Waals surface area contributed by atoms with Crippen LogP contribution in [0.5, 0.6) is 0 Å². The van der Waals surface area contributed by atoms with Gasteiger partial charge in [0, 0.05) is 5.69 Å². The van der Waals surface area contributed by atoms with Gasteiger partial charge in [0.1, 0.15) is 6.54 Å². The van der Waals surface area contributed by atoms with Crippen LogP contribution in [0.4, 0.5) is 18.9 Å². The van der Waals surface area contributed by atoms with Crippen LogP contribution in [-0.4, -0.2) is 24.5 Å². The number of hydrogen-bond donors (Lipinski definition) is 2. The predicted molar refractivity (Wildman–Crippen MR) is 88.6 cm³/mol. The molecule has 2 N–H and O–H groups in total. The van der Waals surface area contributed by atoms with Crippen LogP contribution in [0.2, 0.25) is 5.02 Å². The van der Waals surface area contributed by atoms with Crippen molar-refractivity contribution in [3.63, 3.8) is 0 Å². The summed E-state index contributed by atoms with van der Waals surface area (Å²) in [5.41, 5.74) is 1.32. The largest absolute Gasteiger partial charge is 0.405 e. The summed E-state index contributed by atoms with van der Waals surface area (Å²) in [5, 5.41) is 4.77. The van der Waals surface area contributed by atoms with E-state index < -0.39 is 18.6 Å². The molecule has 8 heteroatoms. The molecule has 0 aromatic heterocycles. The van der Waals surface area contributed by atoms with Gasteiger partial charge in [-0.1, -0.05) is 35.9 Å². The van der Waals surface area contributed by atoms with Gasteiger partial charge in [-0.3, -0.25) is 9.59 Å². The van der Waals surface area contributed by atoms with Gasteiger partial charge in [0.2, 0.25) is 5.91 Å². The molecule has 0 saturated heterocycles. The van der Waals surface area contributed by atoms with E-state index >= 15 is 0 Å². The van der Waals surface area contributed by atoms with Crippen molar-refractivity contribution in [2.75, 3.05) is 11.9 Å². The zero-order valence-corrected chi connectivity index (χ0v) is 13.6. The summed E-state index contributed by atoms with van der Waals surface area (Å²) in [6, 6.07) is 12.8. The number of nitrogens with one attached hydrogen (secondary N) is 2. The third-order valence-corrected chi connectivity index (χ3v) is 3.51. The second-order valence-electron chi connectivity index (χ2n) is 5.20. The number of amides is 2. The molecule has 132 valence electrons. The number of alkyl halides is 3. The fourth-order valence-corrected chi connectivity index (χ4v) is 2.22. The van der Waals surface area contributed by atoms with Crippen LogP contribution in [0.15, 0.2) is 48.5 Å². The van der Waals surface area contributed by atoms with Gasteiger partial charge in [-0.25, -0.2) is 0 Å². The molecule has 0 atom stereocenters. The van der Waals surface area contributed by atoms with E-state index in [2.05, 4.69) is 5.32 Å². The maximum atomic E-state index is 12.1. The van der Waals surface area contributed by atoms with Gasteiger partial charge in [0.25, 0.3) is 5.91 Å². The minimum Gasteiger partial charge on any atom is -0.347 e. The highest BCUT2D eigenvalue weighted by atomic mass is 35.5. The molecule has 25 heavy (non-hydrogen) atoms. The topological polar surface area (TPSA) is 58.2 Å². The van der Waals surface area contributed by atoms with E-state index in [1.807, 2.05) is 0 Å². The maximum absolute atomic E-state index is 12.1. The summed E-state index contributed by atoms with van der Waals surface area (Å²) in [5.74, 6) is -1.12. The Labute approximate surface area is 147 Å². The van der Waals surface area contributed by atoms with Gasteiger partial charge < -0.3 is 10.6 Å². The lowest BCUT2D eigenvalue weighted by Crippen LogP contribution is -2.34. The van der Waals surface area contributed by atoms with E-state index in [4.69, 9.17) is 11.6 Å². The highest BCUT2D eigenvalue weighted by molar-refractivity contribution is 6.34. The number of rotatable bonds is 5. The van der Waals surface area contributed by atoms with Crippen LogP contribution in [-0.2, 0) is 11.2 Å². The molecule has 0 unspecified atom stereocenters. The SMILES string of the molecule is O=C(Cc1ccc(NC(=O)c2ccccc2Cl)cc1)NCC(F)(F)F. The first-order valence-electron chi connectivity index (χ1n) is 7.23. The van der Waals surface area contributed by atoms with Gasteiger partial charge in [0.05, 0.1) is 17.0 Å². The smallest absolute Gasteiger partial charge is 0.347 e.